The maximum Gasteiger partial charge on any atom is 0.323 e. The lowest BCUT2D eigenvalue weighted by Gasteiger charge is -2.30. The zero-order valence-electron chi connectivity index (χ0n) is 11.0. The summed E-state index contributed by atoms with van der Waals surface area (Å²) < 4.78 is 5.86. The van der Waals surface area contributed by atoms with E-state index >= 15 is 0 Å². The molecule has 1 fully saturated rings. The molecule has 2 unspecified atom stereocenters. The Morgan fingerprint density at radius 2 is 2.16 bits per heavy atom. The van der Waals surface area contributed by atoms with Crippen LogP contribution in [0, 0.1) is 0 Å². The summed E-state index contributed by atoms with van der Waals surface area (Å²) in [5.74, 6) is 0. The van der Waals surface area contributed by atoms with Crippen LogP contribution in [-0.4, -0.2) is 29.7 Å². The summed E-state index contributed by atoms with van der Waals surface area (Å²) in [6.07, 6.45) is 3.65. The zero-order chi connectivity index (χ0) is 13.2. The van der Waals surface area contributed by atoms with E-state index in [-0.39, 0.29) is 17.8 Å². The molecule has 102 valence electrons. The van der Waals surface area contributed by atoms with Gasteiger partial charge in [0, 0.05) is 6.61 Å². The highest BCUT2D eigenvalue weighted by Crippen LogP contribution is 2.27. The first-order valence-corrected chi connectivity index (χ1v) is 6.79. The van der Waals surface area contributed by atoms with Gasteiger partial charge in [-0.2, -0.15) is 0 Å². The topological polar surface area (TPSA) is 69.9 Å². The van der Waals surface area contributed by atoms with Crippen LogP contribution >= 0.6 is 0 Å². The summed E-state index contributed by atoms with van der Waals surface area (Å²) in [4.78, 5) is 16.9. The van der Waals surface area contributed by atoms with E-state index in [0.717, 1.165) is 36.0 Å². The molecule has 0 aliphatic carbocycles. The average Bonchev–Trinajstić information content (AvgIpc) is 2.80. The van der Waals surface area contributed by atoms with Crippen LogP contribution in [0.25, 0.3) is 11.0 Å². The summed E-state index contributed by atoms with van der Waals surface area (Å²) >= 11 is 0. The number of rotatable bonds is 3. The Labute approximate surface area is 111 Å². The smallest absolute Gasteiger partial charge is 0.323 e. The summed E-state index contributed by atoms with van der Waals surface area (Å²) in [5, 5.41) is 3.33. The number of imidazole rings is 1. The summed E-state index contributed by atoms with van der Waals surface area (Å²) in [6.45, 7) is 0.839. The average molecular weight is 261 g/mol. The van der Waals surface area contributed by atoms with Crippen molar-refractivity contribution in [3.05, 3.63) is 34.2 Å². The monoisotopic (exact) mass is 261 g/mol. The maximum atomic E-state index is 11.3. The first-order chi connectivity index (χ1) is 9.28. The van der Waals surface area contributed by atoms with Gasteiger partial charge < -0.3 is 20.0 Å². The van der Waals surface area contributed by atoms with Crippen LogP contribution in [0.2, 0.25) is 0 Å². The van der Waals surface area contributed by atoms with E-state index in [0.29, 0.717) is 0 Å². The van der Waals surface area contributed by atoms with Crippen molar-refractivity contribution in [2.24, 2.45) is 0 Å². The van der Waals surface area contributed by atoms with E-state index in [1.807, 2.05) is 25.2 Å². The van der Waals surface area contributed by atoms with E-state index in [1.165, 1.54) is 6.42 Å². The van der Waals surface area contributed by atoms with Gasteiger partial charge in [0.2, 0.25) is 0 Å². The highest BCUT2D eigenvalue weighted by molar-refractivity contribution is 5.75. The molecule has 1 aromatic heterocycles. The van der Waals surface area contributed by atoms with Gasteiger partial charge in [0.05, 0.1) is 23.2 Å². The Balaban J connectivity index is 1.93. The van der Waals surface area contributed by atoms with Crippen LogP contribution in [0.5, 0.6) is 0 Å². The first kappa shape index (κ1) is 12.4. The summed E-state index contributed by atoms with van der Waals surface area (Å²) in [6, 6.07) is 6.18. The minimum absolute atomic E-state index is 0.165. The SMILES string of the molecule is CNC(c1ccc2[nH]c(=O)[nH]c2c1)C1CCCCO1. The molecule has 0 amide bonds. The molecule has 0 saturated carbocycles. The summed E-state index contributed by atoms with van der Waals surface area (Å²) in [5.41, 5.74) is 2.67. The normalized spacial score (nSPS) is 21.6. The van der Waals surface area contributed by atoms with Gasteiger partial charge in [-0.1, -0.05) is 6.07 Å². The Morgan fingerprint density at radius 3 is 2.89 bits per heavy atom. The minimum Gasteiger partial charge on any atom is -0.376 e. The Hall–Kier alpha value is -1.59. The van der Waals surface area contributed by atoms with Gasteiger partial charge in [-0.25, -0.2) is 4.79 Å². The standard InChI is InChI=1S/C14H19N3O2/c1-15-13(12-4-2-3-7-19-12)9-5-6-10-11(8-9)17-14(18)16-10/h5-6,8,12-13,15H,2-4,7H2,1H3,(H2,16,17,18). The van der Waals surface area contributed by atoms with Gasteiger partial charge in [0.1, 0.15) is 0 Å². The molecule has 1 aromatic carbocycles. The van der Waals surface area contributed by atoms with Crippen molar-refractivity contribution in [1.29, 1.82) is 0 Å². The van der Waals surface area contributed by atoms with E-state index in [4.69, 9.17) is 4.74 Å². The van der Waals surface area contributed by atoms with Crippen LogP contribution in [-0.2, 0) is 4.74 Å². The largest absolute Gasteiger partial charge is 0.376 e. The maximum absolute atomic E-state index is 11.3. The van der Waals surface area contributed by atoms with Gasteiger partial charge in [0.15, 0.2) is 0 Å². The van der Waals surface area contributed by atoms with E-state index in [9.17, 15) is 4.79 Å². The highest BCUT2D eigenvalue weighted by Gasteiger charge is 2.24. The second-order valence-corrected chi connectivity index (χ2v) is 5.06. The molecule has 5 nitrogen and oxygen atoms in total. The molecule has 1 saturated heterocycles. The van der Waals surface area contributed by atoms with Gasteiger partial charge in [-0.15, -0.1) is 0 Å². The van der Waals surface area contributed by atoms with E-state index in [1.54, 1.807) is 0 Å². The van der Waals surface area contributed by atoms with Gasteiger partial charge in [0.25, 0.3) is 0 Å². The molecule has 3 N–H and O–H groups in total. The number of aromatic amines is 2. The number of hydrogen-bond donors (Lipinski definition) is 3. The fraction of sp³-hybridized carbons (Fsp3) is 0.500. The molecular formula is C14H19N3O2. The van der Waals surface area contributed by atoms with Crippen molar-refractivity contribution in [3.63, 3.8) is 0 Å². The quantitative estimate of drug-likeness (QED) is 0.787. The summed E-state index contributed by atoms with van der Waals surface area (Å²) in [7, 11) is 1.95. The van der Waals surface area contributed by atoms with Crippen molar-refractivity contribution in [2.75, 3.05) is 13.7 Å². The number of H-pyrrole nitrogens is 2. The fourth-order valence-electron chi connectivity index (χ4n) is 2.84. The number of nitrogens with one attached hydrogen (secondary N) is 3. The molecule has 1 aliphatic rings. The number of ether oxygens (including phenoxy) is 1. The van der Waals surface area contributed by atoms with Gasteiger partial charge >= 0.3 is 5.69 Å². The number of hydrogen-bond acceptors (Lipinski definition) is 3. The van der Waals surface area contributed by atoms with Crippen LogP contribution in [0.4, 0.5) is 0 Å². The Kier molecular flexibility index (Phi) is 3.40. The van der Waals surface area contributed by atoms with E-state index in [2.05, 4.69) is 15.3 Å². The lowest BCUT2D eigenvalue weighted by molar-refractivity contribution is -0.00659. The number of aromatic nitrogens is 2. The molecule has 2 aromatic rings. The molecule has 0 bridgehead atoms. The Morgan fingerprint density at radius 1 is 1.32 bits per heavy atom. The first-order valence-electron chi connectivity index (χ1n) is 6.79. The van der Waals surface area contributed by atoms with Crippen LogP contribution in [0.3, 0.4) is 0 Å². The third kappa shape index (κ3) is 2.43. The van der Waals surface area contributed by atoms with Crippen molar-refractivity contribution in [1.82, 2.24) is 15.3 Å². The predicted octanol–water partition coefficient (Wildman–Crippen LogP) is 1.69. The van der Waals surface area contributed by atoms with E-state index < -0.39 is 0 Å². The third-order valence-electron chi connectivity index (χ3n) is 3.80. The molecule has 19 heavy (non-hydrogen) atoms. The van der Waals surface area contributed by atoms with Gasteiger partial charge in [-0.05, 0) is 44.0 Å². The minimum atomic E-state index is -0.165. The molecule has 0 spiro atoms. The number of likely N-dealkylation sites (N-methyl/N-ethyl adjacent to an activating group) is 1. The Bertz CT molecular complexity index is 610. The zero-order valence-corrected chi connectivity index (χ0v) is 11.0. The van der Waals surface area contributed by atoms with Crippen molar-refractivity contribution < 1.29 is 4.74 Å². The lowest BCUT2D eigenvalue weighted by Crippen LogP contribution is -2.34. The molecule has 3 rings (SSSR count). The van der Waals surface area contributed by atoms with Gasteiger partial charge in [-0.3, -0.25) is 0 Å². The lowest BCUT2D eigenvalue weighted by atomic mass is 9.95. The van der Waals surface area contributed by atoms with Crippen LogP contribution < -0.4 is 11.0 Å². The van der Waals surface area contributed by atoms with Crippen molar-refractivity contribution >= 4 is 11.0 Å². The molecular weight excluding hydrogens is 242 g/mol. The molecule has 5 heteroatoms. The molecule has 2 heterocycles. The van der Waals surface area contributed by atoms with Crippen molar-refractivity contribution in [2.45, 2.75) is 31.4 Å². The fourth-order valence-corrected chi connectivity index (χ4v) is 2.84. The van der Waals surface area contributed by atoms with Crippen LogP contribution in [0.1, 0.15) is 30.9 Å². The number of fused-ring (bicyclic) bond motifs is 1. The molecule has 1 aliphatic heterocycles. The second kappa shape index (κ2) is 5.19. The number of benzene rings is 1. The molecule has 2 atom stereocenters. The highest BCUT2D eigenvalue weighted by atomic mass is 16.5. The third-order valence-corrected chi connectivity index (χ3v) is 3.80. The van der Waals surface area contributed by atoms with Crippen LogP contribution in [0.15, 0.2) is 23.0 Å². The molecule has 0 radical (unpaired) electrons. The van der Waals surface area contributed by atoms with Crippen molar-refractivity contribution in [3.8, 4) is 0 Å². The predicted molar refractivity (Wildman–Crippen MR) is 74.3 cm³/mol. The second-order valence-electron chi connectivity index (χ2n) is 5.06.